The van der Waals surface area contributed by atoms with Crippen molar-refractivity contribution < 1.29 is 9.13 Å². The number of aromatic amines is 1. The van der Waals surface area contributed by atoms with Crippen molar-refractivity contribution in [1.29, 1.82) is 0 Å². The van der Waals surface area contributed by atoms with Gasteiger partial charge in [0.25, 0.3) is 0 Å². The Hall–Kier alpha value is -1.84. The first-order valence-corrected chi connectivity index (χ1v) is 4.63. The molecule has 0 unspecified atom stereocenters. The number of ether oxygens (including phenoxy) is 1. The minimum Gasteiger partial charge on any atom is -0.483 e. The van der Waals surface area contributed by atoms with Crippen molar-refractivity contribution in [2.45, 2.75) is 13.5 Å². The fourth-order valence-corrected chi connectivity index (χ4v) is 1.25. The molecule has 1 aromatic heterocycles. The minimum absolute atomic E-state index is 0.242. The second-order valence-electron chi connectivity index (χ2n) is 3.23. The summed E-state index contributed by atoms with van der Waals surface area (Å²) in [6, 6.07) is 6.30. The number of nitrogens with one attached hydrogen (secondary N) is 1. The lowest BCUT2D eigenvalue weighted by atomic mass is 10.3. The Balaban J connectivity index is 2.02. The number of aryl methyl sites for hydroxylation is 1. The van der Waals surface area contributed by atoms with E-state index in [0.717, 1.165) is 5.69 Å². The van der Waals surface area contributed by atoms with Gasteiger partial charge in [0.15, 0.2) is 11.6 Å². The quantitative estimate of drug-likeness (QED) is 0.837. The van der Waals surface area contributed by atoms with Crippen LogP contribution in [0.15, 0.2) is 30.5 Å². The topological polar surface area (TPSA) is 37.9 Å². The van der Waals surface area contributed by atoms with Gasteiger partial charge in [0, 0.05) is 11.9 Å². The molecule has 4 heteroatoms. The summed E-state index contributed by atoms with van der Waals surface area (Å²) in [5, 5.41) is 0. The molecule has 0 atom stereocenters. The van der Waals surface area contributed by atoms with Crippen molar-refractivity contribution in [3.8, 4) is 5.75 Å². The van der Waals surface area contributed by atoms with Crippen LogP contribution in [-0.4, -0.2) is 9.97 Å². The fraction of sp³-hybridized carbons (Fsp3) is 0.182. The van der Waals surface area contributed by atoms with Gasteiger partial charge in [-0.05, 0) is 19.1 Å². The minimum atomic E-state index is -0.360. The maximum atomic E-state index is 13.1. The molecule has 0 saturated heterocycles. The molecular weight excluding hydrogens is 195 g/mol. The number of nitrogens with zero attached hydrogens (tertiary/aromatic N) is 1. The molecule has 1 N–H and O–H groups in total. The van der Waals surface area contributed by atoms with E-state index in [9.17, 15) is 4.39 Å². The Bertz CT molecular complexity index is 453. The zero-order chi connectivity index (χ0) is 10.7. The highest BCUT2D eigenvalue weighted by Crippen LogP contribution is 2.16. The Kier molecular flexibility index (Phi) is 2.67. The molecule has 0 saturated carbocycles. The fourth-order valence-electron chi connectivity index (χ4n) is 1.25. The highest BCUT2D eigenvalue weighted by atomic mass is 19.1. The first-order valence-electron chi connectivity index (χ1n) is 4.63. The van der Waals surface area contributed by atoms with Gasteiger partial charge in [0.1, 0.15) is 12.4 Å². The van der Waals surface area contributed by atoms with Crippen molar-refractivity contribution in [3.63, 3.8) is 0 Å². The summed E-state index contributed by atoms with van der Waals surface area (Å²) in [6.07, 6.45) is 1.71. The van der Waals surface area contributed by atoms with Gasteiger partial charge < -0.3 is 9.72 Å². The molecule has 0 aliphatic carbocycles. The van der Waals surface area contributed by atoms with Crippen molar-refractivity contribution >= 4 is 0 Å². The van der Waals surface area contributed by atoms with Gasteiger partial charge in [0.05, 0.1) is 0 Å². The Morgan fingerprint density at radius 3 is 2.87 bits per heavy atom. The highest BCUT2D eigenvalue weighted by molar-refractivity contribution is 5.23. The molecule has 3 nitrogen and oxygen atoms in total. The molecule has 1 aromatic carbocycles. The van der Waals surface area contributed by atoms with Crippen LogP contribution in [0.2, 0.25) is 0 Å². The maximum Gasteiger partial charge on any atom is 0.165 e. The largest absolute Gasteiger partial charge is 0.483 e. The molecule has 2 rings (SSSR count). The Labute approximate surface area is 86.9 Å². The summed E-state index contributed by atoms with van der Waals surface area (Å²) < 4.78 is 18.4. The molecule has 78 valence electrons. The molecule has 15 heavy (non-hydrogen) atoms. The number of hydrogen-bond acceptors (Lipinski definition) is 2. The van der Waals surface area contributed by atoms with E-state index in [1.54, 1.807) is 24.4 Å². The second kappa shape index (κ2) is 4.13. The lowest BCUT2D eigenvalue weighted by molar-refractivity contribution is 0.282. The van der Waals surface area contributed by atoms with Gasteiger partial charge in [-0.2, -0.15) is 0 Å². The van der Waals surface area contributed by atoms with Gasteiger partial charge in [0.2, 0.25) is 0 Å². The van der Waals surface area contributed by atoms with E-state index in [1.807, 2.05) is 6.92 Å². The number of hydrogen-bond donors (Lipinski definition) is 1. The number of rotatable bonds is 3. The van der Waals surface area contributed by atoms with Crippen LogP contribution in [0.5, 0.6) is 5.75 Å². The van der Waals surface area contributed by atoms with Crippen molar-refractivity contribution in [2.24, 2.45) is 0 Å². The standard InChI is InChI=1S/C11H11FN2O/c1-8-6-13-11(14-8)7-15-10-5-3-2-4-9(10)12/h2-6H,7H2,1H3,(H,13,14). The van der Waals surface area contributed by atoms with Crippen LogP contribution in [-0.2, 0) is 6.61 Å². The van der Waals surface area contributed by atoms with Crippen molar-refractivity contribution in [1.82, 2.24) is 9.97 Å². The number of halogens is 1. The number of H-pyrrole nitrogens is 1. The van der Waals surface area contributed by atoms with E-state index in [4.69, 9.17) is 4.74 Å². The summed E-state index contributed by atoms with van der Waals surface area (Å²) in [4.78, 5) is 7.06. The summed E-state index contributed by atoms with van der Waals surface area (Å²) in [5.74, 6) is 0.572. The smallest absolute Gasteiger partial charge is 0.165 e. The second-order valence-corrected chi connectivity index (χ2v) is 3.23. The number of imidazole rings is 1. The maximum absolute atomic E-state index is 13.1. The van der Waals surface area contributed by atoms with Crippen LogP contribution < -0.4 is 4.74 Å². The van der Waals surface area contributed by atoms with Gasteiger partial charge in [-0.1, -0.05) is 12.1 Å². The third kappa shape index (κ3) is 2.34. The van der Waals surface area contributed by atoms with E-state index in [2.05, 4.69) is 9.97 Å². The van der Waals surface area contributed by atoms with Crippen LogP contribution in [0, 0.1) is 12.7 Å². The lowest BCUT2D eigenvalue weighted by Gasteiger charge is -2.04. The van der Waals surface area contributed by atoms with E-state index in [0.29, 0.717) is 5.82 Å². The Morgan fingerprint density at radius 2 is 2.20 bits per heavy atom. The SMILES string of the molecule is Cc1cnc(COc2ccccc2F)[nH]1. The van der Waals surface area contributed by atoms with E-state index in [1.165, 1.54) is 6.07 Å². The molecule has 0 aliphatic rings. The van der Waals surface area contributed by atoms with Crippen molar-refractivity contribution in [3.05, 3.63) is 47.8 Å². The van der Waals surface area contributed by atoms with E-state index < -0.39 is 0 Å². The first-order chi connectivity index (χ1) is 7.25. The lowest BCUT2D eigenvalue weighted by Crippen LogP contribution is -1.99. The number of para-hydroxylation sites is 1. The van der Waals surface area contributed by atoms with Crippen LogP contribution in [0.25, 0.3) is 0 Å². The van der Waals surface area contributed by atoms with Crippen LogP contribution >= 0.6 is 0 Å². The molecule has 1 heterocycles. The highest BCUT2D eigenvalue weighted by Gasteiger charge is 2.03. The Morgan fingerprint density at radius 1 is 1.40 bits per heavy atom. The van der Waals surface area contributed by atoms with Gasteiger partial charge >= 0.3 is 0 Å². The molecule has 0 aliphatic heterocycles. The van der Waals surface area contributed by atoms with E-state index in [-0.39, 0.29) is 18.2 Å². The average Bonchev–Trinajstić information content (AvgIpc) is 2.63. The van der Waals surface area contributed by atoms with Gasteiger partial charge in [-0.25, -0.2) is 9.37 Å². The van der Waals surface area contributed by atoms with Gasteiger partial charge in [-0.15, -0.1) is 0 Å². The molecule has 0 radical (unpaired) electrons. The molecule has 0 fully saturated rings. The van der Waals surface area contributed by atoms with Crippen molar-refractivity contribution in [2.75, 3.05) is 0 Å². The zero-order valence-electron chi connectivity index (χ0n) is 8.33. The molecule has 0 bridgehead atoms. The normalized spacial score (nSPS) is 10.3. The summed E-state index contributed by atoms with van der Waals surface area (Å²) in [6.45, 7) is 2.15. The summed E-state index contributed by atoms with van der Waals surface area (Å²) in [7, 11) is 0. The summed E-state index contributed by atoms with van der Waals surface area (Å²) in [5.41, 5.74) is 0.960. The van der Waals surface area contributed by atoms with Gasteiger partial charge in [-0.3, -0.25) is 0 Å². The van der Waals surface area contributed by atoms with Crippen LogP contribution in [0.4, 0.5) is 4.39 Å². The average molecular weight is 206 g/mol. The zero-order valence-corrected chi connectivity index (χ0v) is 8.33. The third-order valence-corrected chi connectivity index (χ3v) is 1.96. The third-order valence-electron chi connectivity index (χ3n) is 1.96. The summed E-state index contributed by atoms with van der Waals surface area (Å²) >= 11 is 0. The molecule has 0 spiro atoms. The van der Waals surface area contributed by atoms with Crippen LogP contribution in [0.1, 0.15) is 11.5 Å². The van der Waals surface area contributed by atoms with Crippen LogP contribution in [0.3, 0.4) is 0 Å². The predicted molar refractivity (Wildman–Crippen MR) is 54.1 cm³/mol. The predicted octanol–water partition coefficient (Wildman–Crippen LogP) is 2.44. The number of benzene rings is 1. The molecule has 2 aromatic rings. The first kappa shape index (κ1) is 9.71. The number of aromatic nitrogens is 2. The molecule has 0 amide bonds. The van der Waals surface area contributed by atoms with E-state index >= 15 is 0 Å². The molecular formula is C11H11FN2O. The monoisotopic (exact) mass is 206 g/mol.